The van der Waals surface area contributed by atoms with Crippen LogP contribution in [0.25, 0.3) is 11.7 Å². The number of nitrogens with one attached hydrogen (secondary N) is 1. The van der Waals surface area contributed by atoms with Gasteiger partial charge in [-0.05, 0) is 50.8 Å². The summed E-state index contributed by atoms with van der Waals surface area (Å²) in [4.78, 5) is 33.7. The Morgan fingerprint density at radius 3 is 2.85 bits per heavy atom. The molecule has 33 heavy (non-hydrogen) atoms. The molecule has 1 saturated carbocycles. The van der Waals surface area contributed by atoms with Gasteiger partial charge in [-0.3, -0.25) is 18.9 Å². The first-order valence-electron chi connectivity index (χ1n) is 11.6. The van der Waals surface area contributed by atoms with Gasteiger partial charge in [0, 0.05) is 32.0 Å². The summed E-state index contributed by atoms with van der Waals surface area (Å²) in [5.41, 5.74) is 1.67. The molecule has 0 radical (unpaired) electrons. The van der Waals surface area contributed by atoms with E-state index in [1.54, 1.807) is 17.2 Å². The van der Waals surface area contributed by atoms with Crippen molar-refractivity contribution in [3.63, 3.8) is 0 Å². The van der Waals surface area contributed by atoms with Gasteiger partial charge in [-0.2, -0.15) is 0 Å². The fourth-order valence-electron chi connectivity index (χ4n) is 4.37. The fraction of sp³-hybridized carbons (Fsp3) is 0.500. The third-order valence-electron chi connectivity index (χ3n) is 6.09. The highest BCUT2D eigenvalue weighted by Crippen LogP contribution is 2.37. The van der Waals surface area contributed by atoms with Gasteiger partial charge in [-0.1, -0.05) is 49.3 Å². The van der Waals surface area contributed by atoms with Crippen LogP contribution < -0.4 is 10.9 Å². The van der Waals surface area contributed by atoms with Crippen molar-refractivity contribution in [3.05, 3.63) is 44.7 Å². The highest BCUT2D eigenvalue weighted by molar-refractivity contribution is 8.26. The number of nitrogens with zero attached hydrogens (tertiary/aromatic N) is 3. The minimum atomic E-state index is -0.209. The Kier molecular flexibility index (Phi) is 7.82. The highest BCUT2D eigenvalue weighted by atomic mass is 32.2. The van der Waals surface area contributed by atoms with Crippen LogP contribution in [0.2, 0.25) is 0 Å². The van der Waals surface area contributed by atoms with Crippen molar-refractivity contribution in [3.8, 4) is 0 Å². The quantitative estimate of drug-likeness (QED) is 0.337. The summed E-state index contributed by atoms with van der Waals surface area (Å²) < 4.78 is 7.53. The average Bonchev–Trinajstić information content (AvgIpc) is 3.10. The van der Waals surface area contributed by atoms with Crippen molar-refractivity contribution in [2.24, 2.45) is 0 Å². The number of hydrogen-bond donors (Lipinski definition) is 1. The first-order chi connectivity index (χ1) is 16.0. The van der Waals surface area contributed by atoms with Crippen molar-refractivity contribution >= 4 is 51.7 Å². The highest BCUT2D eigenvalue weighted by Gasteiger charge is 2.37. The monoisotopic (exact) mass is 486 g/mol. The summed E-state index contributed by atoms with van der Waals surface area (Å²) in [6.07, 6.45) is 9.55. The summed E-state index contributed by atoms with van der Waals surface area (Å²) in [7, 11) is 0. The van der Waals surface area contributed by atoms with E-state index in [0.29, 0.717) is 46.0 Å². The number of pyridine rings is 1. The van der Waals surface area contributed by atoms with E-state index in [4.69, 9.17) is 21.9 Å². The molecule has 0 bridgehead atoms. The minimum Gasteiger partial charge on any atom is -0.382 e. The van der Waals surface area contributed by atoms with Crippen LogP contribution in [0, 0.1) is 6.92 Å². The Bertz CT molecular complexity index is 1140. The molecule has 9 heteroatoms. The van der Waals surface area contributed by atoms with E-state index in [1.807, 2.05) is 26.0 Å². The van der Waals surface area contributed by atoms with Gasteiger partial charge < -0.3 is 10.1 Å². The molecule has 2 aromatic heterocycles. The number of thioether (sulfide) groups is 1. The normalized spacial score (nSPS) is 18.6. The molecule has 1 aliphatic carbocycles. The summed E-state index contributed by atoms with van der Waals surface area (Å²) in [5.74, 6) is 0.377. The molecular weight excluding hydrogens is 456 g/mol. The molecule has 3 heterocycles. The number of thiocarbonyl (C=S) groups is 1. The zero-order chi connectivity index (χ0) is 23.4. The van der Waals surface area contributed by atoms with Gasteiger partial charge in [0.15, 0.2) is 0 Å². The molecule has 1 aliphatic heterocycles. The van der Waals surface area contributed by atoms with Crippen LogP contribution in [-0.4, -0.2) is 50.3 Å². The first kappa shape index (κ1) is 23.9. The first-order valence-corrected chi connectivity index (χ1v) is 12.8. The van der Waals surface area contributed by atoms with Gasteiger partial charge in [0.1, 0.15) is 15.8 Å². The molecule has 2 fully saturated rings. The maximum absolute atomic E-state index is 13.4. The number of rotatable bonds is 8. The van der Waals surface area contributed by atoms with Crippen LogP contribution in [0.5, 0.6) is 0 Å². The summed E-state index contributed by atoms with van der Waals surface area (Å²) in [6, 6.07) is 3.91. The molecule has 0 aromatic carbocycles. The number of aromatic nitrogens is 2. The van der Waals surface area contributed by atoms with E-state index < -0.39 is 0 Å². The maximum Gasteiger partial charge on any atom is 0.267 e. The molecule has 1 N–H and O–H groups in total. The third-order valence-corrected chi connectivity index (χ3v) is 7.42. The van der Waals surface area contributed by atoms with Crippen molar-refractivity contribution in [1.29, 1.82) is 0 Å². The van der Waals surface area contributed by atoms with Crippen molar-refractivity contribution in [2.75, 3.05) is 25.1 Å². The molecule has 2 aliphatic rings. The van der Waals surface area contributed by atoms with Gasteiger partial charge in [0.05, 0.1) is 10.5 Å². The minimum absolute atomic E-state index is 0.104. The van der Waals surface area contributed by atoms with E-state index in [0.717, 1.165) is 37.7 Å². The lowest BCUT2D eigenvalue weighted by Gasteiger charge is -2.29. The van der Waals surface area contributed by atoms with Gasteiger partial charge in [0.25, 0.3) is 11.5 Å². The van der Waals surface area contributed by atoms with Crippen LogP contribution >= 0.6 is 24.0 Å². The molecule has 1 saturated heterocycles. The molecule has 0 atom stereocenters. The van der Waals surface area contributed by atoms with Crippen LogP contribution in [0.15, 0.2) is 28.0 Å². The predicted molar refractivity (Wildman–Crippen MR) is 138 cm³/mol. The lowest BCUT2D eigenvalue weighted by Crippen LogP contribution is -2.39. The number of hydrogen-bond acceptors (Lipinski definition) is 7. The standard InChI is InChI=1S/C24H30N4O3S2/c1-3-31-14-8-12-25-20-18(22(29)27-13-7-9-16(2)21(27)26-20)15-19-23(30)28(24(32)33-19)17-10-5-4-6-11-17/h7,9,13,15,17,25H,3-6,8,10-12,14H2,1-2H3/b19-15-. The Balaban J connectivity index is 1.69. The van der Waals surface area contributed by atoms with Gasteiger partial charge in [-0.15, -0.1) is 0 Å². The van der Waals surface area contributed by atoms with E-state index in [2.05, 4.69) is 5.32 Å². The van der Waals surface area contributed by atoms with Crippen LogP contribution in [-0.2, 0) is 9.53 Å². The predicted octanol–water partition coefficient (Wildman–Crippen LogP) is 4.38. The lowest BCUT2D eigenvalue weighted by molar-refractivity contribution is -0.124. The van der Waals surface area contributed by atoms with Crippen LogP contribution in [0.1, 0.15) is 56.6 Å². The second-order valence-electron chi connectivity index (χ2n) is 8.38. The molecule has 0 unspecified atom stereocenters. The summed E-state index contributed by atoms with van der Waals surface area (Å²) in [6.45, 7) is 5.80. The molecule has 2 aromatic rings. The lowest BCUT2D eigenvalue weighted by atomic mass is 9.94. The Morgan fingerprint density at radius 1 is 1.30 bits per heavy atom. The zero-order valence-electron chi connectivity index (χ0n) is 19.1. The fourth-order valence-corrected chi connectivity index (χ4v) is 5.75. The number of carbonyl (C=O) groups is 1. The van der Waals surface area contributed by atoms with Crippen molar-refractivity contribution in [1.82, 2.24) is 14.3 Å². The van der Waals surface area contributed by atoms with Crippen LogP contribution in [0.4, 0.5) is 5.82 Å². The number of amides is 1. The number of ether oxygens (including phenoxy) is 1. The molecule has 0 spiro atoms. The number of carbonyl (C=O) groups excluding carboxylic acids is 1. The van der Waals surface area contributed by atoms with E-state index >= 15 is 0 Å². The second kappa shape index (κ2) is 10.8. The molecule has 176 valence electrons. The molecule has 4 rings (SSSR count). The Morgan fingerprint density at radius 2 is 2.09 bits per heavy atom. The van der Waals surface area contributed by atoms with E-state index in [9.17, 15) is 9.59 Å². The average molecular weight is 487 g/mol. The van der Waals surface area contributed by atoms with E-state index in [1.165, 1.54) is 22.6 Å². The Labute approximate surface area is 203 Å². The number of aryl methyl sites for hydroxylation is 1. The van der Waals surface area contributed by atoms with Crippen LogP contribution in [0.3, 0.4) is 0 Å². The summed E-state index contributed by atoms with van der Waals surface area (Å²) >= 11 is 6.84. The topological polar surface area (TPSA) is 75.9 Å². The van der Waals surface area contributed by atoms with Gasteiger partial charge in [0.2, 0.25) is 0 Å². The molecular formula is C24H30N4O3S2. The maximum atomic E-state index is 13.4. The molecule has 7 nitrogen and oxygen atoms in total. The van der Waals surface area contributed by atoms with Crippen molar-refractivity contribution < 1.29 is 9.53 Å². The van der Waals surface area contributed by atoms with Crippen molar-refractivity contribution in [2.45, 2.75) is 58.4 Å². The largest absolute Gasteiger partial charge is 0.382 e. The molecule has 1 amide bonds. The summed E-state index contributed by atoms with van der Waals surface area (Å²) in [5, 5.41) is 3.29. The second-order valence-corrected chi connectivity index (χ2v) is 10.1. The Hall–Kier alpha value is -2.23. The van der Waals surface area contributed by atoms with Gasteiger partial charge in [-0.25, -0.2) is 4.98 Å². The van der Waals surface area contributed by atoms with E-state index in [-0.39, 0.29) is 17.5 Å². The number of fused-ring (bicyclic) bond motifs is 1. The van der Waals surface area contributed by atoms with Gasteiger partial charge >= 0.3 is 0 Å². The zero-order valence-corrected chi connectivity index (χ0v) is 20.8. The smallest absolute Gasteiger partial charge is 0.267 e. The number of anilines is 1. The SMILES string of the molecule is CCOCCCNc1nc2c(C)cccn2c(=O)c1/C=C1\SC(=S)N(C2CCCCC2)C1=O. The third kappa shape index (κ3) is 5.15.